The van der Waals surface area contributed by atoms with E-state index in [9.17, 15) is 9.59 Å². The fraction of sp³-hybridized carbons (Fsp3) is 0.300. The number of hydrogen-bond donors (Lipinski definition) is 2. The maximum atomic E-state index is 13.5. The van der Waals surface area contributed by atoms with Crippen molar-refractivity contribution in [1.82, 2.24) is 5.32 Å². The first-order valence-corrected chi connectivity index (χ1v) is 8.49. The molecule has 0 spiro atoms. The lowest BCUT2D eigenvalue weighted by molar-refractivity contribution is -0.0258. The standard InChI is InChI=1S/C20H22N2O3/c21-19(24)25-20(16-9-5-2-6-10-16,17-11-13-22-14-12-17)18(23)15-7-3-1-4-8-15/h1-10,17,22H,11-14H2,(H2,21,24). The average molecular weight is 338 g/mol. The van der Waals surface area contributed by atoms with Crippen LogP contribution in [0.15, 0.2) is 60.7 Å². The second kappa shape index (κ2) is 7.49. The number of benzene rings is 2. The van der Waals surface area contributed by atoms with Crippen LogP contribution in [-0.4, -0.2) is 25.0 Å². The summed E-state index contributed by atoms with van der Waals surface area (Å²) >= 11 is 0. The van der Waals surface area contributed by atoms with E-state index in [-0.39, 0.29) is 11.7 Å². The van der Waals surface area contributed by atoms with Gasteiger partial charge in [0.15, 0.2) is 0 Å². The fourth-order valence-corrected chi connectivity index (χ4v) is 3.62. The van der Waals surface area contributed by atoms with Crippen LogP contribution in [0.25, 0.3) is 0 Å². The summed E-state index contributed by atoms with van der Waals surface area (Å²) in [4.78, 5) is 25.3. The molecule has 1 atom stereocenters. The average Bonchev–Trinajstić information content (AvgIpc) is 2.67. The van der Waals surface area contributed by atoms with Gasteiger partial charge < -0.3 is 15.8 Å². The number of carbonyl (C=O) groups is 2. The molecule has 0 bridgehead atoms. The zero-order chi connectivity index (χ0) is 17.7. The molecule has 130 valence electrons. The summed E-state index contributed by atoms with van der Waals surface area (Å²) in [6.45, 7) is 1.53. The minimum absolute atomic E-state index is 0.142. The Labute approximate surface area is 147 Å². The highest BCUT2D eigenvalue weighted by molar-refractivity contribution is 6.04. The predicted octanol–water partition coefficient (Wildman–Crippen LogP) is 2.86. The van der Waals surface area contributed by atoms with Gasteiger partial charge in [-0.25, -0.2) is 4.79 Å². The van der Waals surface area contributed by atoms with Crippen molar-refractivity contribution in [2.75, 3.05) is 13.1 Å². The molecule has 0 aliphatic carbocycles. The number of Topliss-reactive ketones (excluding diaryl/α,β-unsaturated/α-hetero) is 1. The van der Waals surface area contributed by atoms with Gasteiger partial charge in [-0.05, 0) is 25.9 Å². The van der Waals surface area contributed by atoms with Crippen molar-refractivity contribution in [1.29, 1.82) is 0 Å². The fourth-order valence-electron chi connectivity index (χ4n) is 3.62. The van der Waals surface area contributed by atoms with Crippen molar-refractivity contribution in [3.8, 4) is 0 Å². The van der Waals surface area contributed by atoms with E-state index in [1.165, 1.54) is 0 Å². The van der Waals surface area contributed by atoms with Crippen LogP contribution in [0.1, 0.15) is 28.8 Å². The van der Waals surface area contributed by atoms with E-state index >= 15 is 0 Å². The minimum Gasteiger partial charge on any atom is -0.429 e. The second-order valence-electron chi connectivity index (χ2n) is 6.24. The highest BCUT2D eigenvalue weighted by Crippen LogP contribution is 2.41. The summed E-state index contributed by atoms with van der Waals surface area (Å²) < 4.78 is 5.64. The number of ether oxygens (including phenoxy) is 1. The summed E-state index contributed by atoms with van der Waals surface area (Å²) in [6.07, 6.45) is 0.508. The van der Waals surface area contributed by atoms with E-state index in [2.05, 4.69) is 5.32 Å². The molecule has 1 aliphatic rings. The normalized spacial score (nSPS) is 17.4. The Bertz CT molecular complexity index is 727. The quantitative estimate of drug-likeness (QED) is 0.822. The molecular weight excluding hydrogens is 316 g/mol. The van der Waals surface area contributed by atoms with Crippen LogP contribution in [0.3, 0.4) is 0 Å². The van der Waals surface area contributed by atoms with Crippen molar-refractivity contribution in [3.05, 3.63) is 71.8 Å². The first-order valence-electron chi connectivity index (χ1n) is 8.49. The van der Waals surface area contributed by atoms with Gasteiger partial charge in [0.25, 0.3) is 0 Å². The van der Waals surface area contributed by atoms with Crippen LogP contribution in [0.4, 0.5) is 4.79 Å². The van der Waals surface area contributed by atoms with Gasteiger partial charge in [-0.3, -0.25) is 4.79 Å². The Morgan fingerprint density at radius 1 is 0.960 bits per heavy atom. The highest BCUT2D eigenvalue weighted by atomic mass is 16.6. The number of primary amides is 1. The third kappa shape index (κ3) is 3.42. The first-order chi connectivity index (χ1) is 12.1. The smallest absolute Gasteiger partial charge is 0.405 e. The van der Waals surface area contributed by atoms with E-state index in [0.29, 0.717) is 11.1 Å². The summed E-state index contributed by atoms with van der Waals surface area (Å²) in [5.74, 6) is -0.374. The van der Waals surface area contributed by atoms with Crippen molar-refractivity contribution in [2.45, 2.75) is 18.4 Å². The number of ketones is 1. The van der Waals surface area contributed by atoms with Gasteiger partial charge in [0, 0.05) is 17.0 Å². The monoisotopic (exact) mass is 338 g/mol. The molecule has 5 nitrogen and oxygen atoms in total. The molecule has 2 aromatic carbocycles. The number of rotatable bonds is 5. The summed E-state index contributed by atoms with van der Waals surface area (Å²) in [5.41, 5.74) is 5.17. The van der Waals surface area contributed by atoms with E-state index < -0.39 is 11.7 Å². The van der Waals surface area contributed by atoms with Gasteiger partial charge >= 0.3 is 6.09 Å². The molecule has 0 saturated carbocycles. The third-order valence-electron chi connectivity index (χ3n) is 4.75. The van der Waals surface area contributed by atoms with Crippen molar-refractivity contribution in [3.63, 3.8) is 0 Å². The molecule has 5 heteroatoms. The maximum Gasteiger partial charge on any atom is 0.405 e. The molecule has 3 N–H and O–H groups in total. The first kappa shape index (κ1) is 17.2. The van der Waals surface area contributed by atoms with E-state index in [1.54, 1.807) is 24.3 Å². The van der Waals surface area contributed by atoms with Crippen LogP contribution < -0.4 is 11.1 Å². The highest BCUT2D eigenvalue weighted by Gasteiger charge is 2.50. The topological polar surface area (TPSA) is 81.4 Å². The van der Waals surface area contributed by atoms with Crippen molar-refractivity contribution >= 4 is 11.9 Å². The number of nitrogens with two attached hydrogens (primary N) is 1. The van der Waals surface area contributed by atoms with Crippen molar-refractivity contribution in [2.24, 2.45) is 11.7 Å². The van der Waals surface area contributed by atoms with Crippen LogP contribution in [0.5, 0.6) is 0 Å². The van der Waals surface area contributed by atoms with Crippen LogP contribution in [-0.2, 0) is 10.3 Å². The molecule has 1 amide bonds. The van der Waals surface area contributed by atoms with E-state index in [4.69, 9.17) is 10.5 Å². The van der Waals surface area contributed by atoms with Gasteiger partial charge in [0.05, 0.1) is 0 Å². The molecule has 0 aromatic heterocycles. The van der Waals surface area contributed by atoms with Gasteiger partial charge in [-0.2, -0.15) is 0 Å². The molecule has 1 unspecified atom stereocenters. The van der Waals surface area contributed by atoms with Gasteiger partial charge in [0.1, 0.15) is 0 Å². The minimum atomic E-state index is -1.41. The van der Waals surface area contributed by atoms with E-state index in [0.717, 1.165) is 25.9 Å². The summed E-state index contributed by atoms with van der Waals surface area (Å²) in [6, 6.07) is 18.1. The van der Waals surface area contributed by atoms with E-state index in [1.807, 2.05) is 36.4 Å². The largest absolute Gasteiger partial charge is 0.429 e. The molecule has 3 rings (SSSR count). The van der Waals surface area contributed by atoms with Crippen LogP contribution in [0, 0.1) is 5.92 Å². The number of piperidine rings is 1. The number of carbonyl (C=O) groups excluding carboxylic acids is 2. The Morgan fingerprint density at radius 2 is 1.52 bits per heavy atom. The number of amides is 1. The van der Waals surface area contributed by atoms with Crippen molar-refractivity contribution < 1.29 is 14.3 Å². The Balaban J connectivity index is 2.16. The lowest BCUT2D eigenvalue weighted by Crippen LogP contribution is -2.51. The summed E-state index contributed by atoms with van der Waals surface area (Å²) in [5, 5.41) is 3.29. The van der Waals surface area contributed by atoms with Gasteiger partial charge in [0.2, 0.25) is 11.4 Å². The Hall–Kier alpha value is -2.66. The third-order valence-corrected chi connectivity index (χ3v) is 4.75. The second-order valence-corrected chi connectivity index (χ2v) is 6.24. The molecule has 1 fully saturated rings. The number of nitrogens with one attached hydrogen (secondary N) is 1. The summed E-state index contributed by atoms with van der Waals surface area (Å²) in [7, 11) is 0. The SMILES string of the molecule is NC(=O)OC(C(=O)c1ccccc1)(c1ccccc1)C1CCNCC1. The lowest BCUT2D eigenvalue weighted by Gasteiger charge is -2.40. The molecule has 1 aliphatic heterocycles. The molecule has 25 heavy (non-hydrogen) atoms. The Kier molecular flexibility index (Phi) is 5.14. The number of hydrogen-bond acceptors (Lipinski definition) is 4. The molecule has 1 saturated heterocycles. The zero-order valence-corrected chi connectivity index (χ0v) is 14.0. The zero-order valence-electron chi connectivity index (χ0n) is 14.0. The maximum absolute atomic E-state index is 13.5. The van der Waals surface area contributed by atoms with Crippen LogP contribution >= 0.6 is 0 Å². The molecule has 2 aromatic rings. The lowest BCUT2D eigenvalue weighted by atomic mass is 9.72. The predicted molar refractivity (Wildman–Crippen MR) is 95.2 cm³/mol. The molecule has 0 radical (unpaired) electrons. The van der Waals surface area contributed by atoms with Gasteiger partial charge in [-0.15, -0.1) is 0 Å². The van der Waals surface area contributed by atoms with Gasteiger partial charge in [-0.1, -0.05) is 60.7 Å². The molecule has 1 heterocycles. The molecular formula is C20H22N2O3. The van der Waals surface area contributed by atoms with Crippen LogP contribution in [0.2, 0.25) is 0 Å². The Morgan fingerprint density at radius 3 is 2.08 bits per heavy atom.